The van der Waals surface area contributed by atoms with E-state index < -0.39 is 0 Å². The Bertz CT molecular complexity index is 3310. The standard InChI is InChI=1S/C51H31N5S/c1-6-24-42-37(18-1)38-19-2-7-25-43(38)55(42)50-52-49(53-51(54-50)56-44-26-8-3-20-39(44)40-21-4-9-27-45(40)56)35-17-12-15-33(31-35)32-14-11-16-34(30-32)36-23-13-29-47-48(36)41-22-5-10-28-46(41)57-47/h1-31H. The van der Waals surface area contributed by atoms with Crippen LogP contribution in [0.3, 0.4) is 0 Å². The molecule has 6 heteroatoms. The van der Waals surface area contributed by atoms with Gasteiger partial charge in [-0.25, -0.2) is 0 Å². The van der Waals surface area contributed by atoms with Crippen molar-refractivity contribution in [3.63, 3.8) is 0 Å². The maximum Gasteiger partial charge on any atom is 0.240 e. The van der Waals surface area contributed by atoms with Gasteiger partial charge in [-0.15, -0.1) is 11.3 Å². The first-order chi connectivity index (χ1) is 28.3. The van der Waals surface area contributed by atoms with E-state index in [-0.39, 0.29) is 0 Å². The Morgan fingerprint density at radius 1 is 0.333 bits per heavy atom. The largest absolute Gasteiger partial charge is 0.278 e. The maximum absolute atomic E-state index is 5.32. The molecule has 8 aromatic carbocycles. The van der Waals surface area contributed by atoms with Crippen LogP contribution in [0.1, 0.15) is 0 Å². The third kappa shape index (κ3) is 4.98. The van der Waals surface area contributed by atoms with E-state index in [9.17, 15) is 0 Å². The molecule has 0 radical (unpaired) electrons. The smallest absolute Gasteiger partial charge is 0.240 e. The normalized spacial score (nSPS) is 11.9. The summed E-state index contributed by atoms with van der Waals surface area (Å²) >= 11 is 1.85. The average Bonchev–Trinajstić information content (AvgIpc) is 3.94. The predicted octanol–water partition coefficient (Wildman–Crippen LogP) is 13.4. The molecule has 0 atom stereocenters. The van der Waals surface area contributed by atoms with Crippen LogP contribution in [0.2, 0.25) is 0 Å². The Kier molecular flexibility index (Phi) is 7.03. The lowest BCUT2D eigenvalue weighted by Crippen LogP contribution is -2.10. The van der Waals surface area contributed by atoms with Crippen molar-refractivity contribution < 1.29 is 0 Å². The van der Waals surface area contributed by atoms with E-state index in [1.165, 1.54) is 31.3 Å². The van der Waals surface area contributed by atoms with Gasteiger partial charge in [0.1, 0.15) is 0 Å². The van der Waals surface area contributed by atoms with Crippen molar-refractivity contribution in [2.75, 3.05) is 0 Å². The number of benzene rings is 8. The fourth-order valence-corrected chi connectivity index (χ4v) is 9.81. The second-order valence-corrected chi connectivity index (χ2v) is 15.5. The molecule has 0 saturated carbocycles. The van der Waals surface area contributed by atoms with Crippen LogP contribution in [0.5, 0.6) is 0 Å². The van der Waals surface area contributed by atoms with Crippen LogP contribution in [-0.2, 0) is 0 Å². The number of hydrogen-bond acceptors (Lipinski definition) is 4. The summed E-state index contributed by atoms with van der Waals surface area (Å²) in [5, 5.41) is 7.23. The van der Waals surface area contributed by atoms with E-state index >= 15 is 0 Å². The van der Waals surface area contributed by atoms with Gasteiger partial charge in [0, 0.05) is 47.3 Å². The summed E-state index contributed by atoms with van der Waals surface area (Å²) in [6, 6.07) is 66.7. The quantitative estimate of drug-likeness (QED) is 0.176. The van der Waals surface area contributed by atoms with Crippen molar-refractivity contribution in [3.8, 4) is 45.5 Å². The van der Waals surface area contributed by atoms with Gasteiger partial charge in [-0.1, -0.05) is 140 Å². The molecule has 12 aromatic rings. The topological polar surface area (TPSA) is 48.5 Å². The zero-order valence-electron chi connectivity index (χ0n) is 30.5. The molecule has 0 fully saturated rings. The van der Waals surface area contributed by atoms with Crippen LogP contribution >= 0.6 is 11.3 Å². The number of thiophene rings is 1. The minimum Gasteiger partial charge on any atom is -0.278 e. The van der Waals surface area contributed by atoms with Gasteiger partial charge < -0.3 is 0 Å². The van der Waals surface area contributed by atoms with Crippen LogP contribution in [0.4, 0.5) is 0 Å². The molecule has 0 aliphatic rings. The summed E-state index contributed by atoms with van der Waals surface area (Å²) in [5.41, 5.74) is 9.74. The Morgan fingerprint density at radius 2 is 0.754 bits per heavy atom. The molecule has 0 bridgehead atoms. The van der Waals surface area contributed by atoms with Crippen molar-refractivity contribution in [2.24, 2.45) is 0 Å². The van der Waals surface area contributed by atoms with Gasteiger partial charge in [0.15, 0.2) is 5.82 Å². The summed E-state index contributed by atoms with van der Waals surface area (Å²) in [6.07, 6.45) is 0. The van der Waals surface area contributed by atoms with E-state index in [1.807, 2.05) is 11.3 Å². The molecule has 0 N–H and O–H groups in total. The van der Waals surface area contributed by atoms with Gasteiger partial charge in [0.2, 0.25) is 11.9 Å². The van der Waals surface area contributed by atoms with Crippen molar-refractivity contribution in [3.05, 3.63) is 188 Å². The molecule has 12 rings (SSSR count). The highest BCUT2D eigenvalue weighted by molar-refractivity contribution is 7.25. The van der Waals surface area contributed by atoms with Crippen LogP contribution in [0, 0.1) is 0 Å². The fraction of sp³-hybridized carbons (Fsp3) is 0. The molecule has 266 valence electrons. The number of hydrogen-bond donors (Lipinski definition) is 0. The fourth-order valence-electron chi connectivity index (χ4n) is 8.68. The number of fused-ring (bicyclic) bond motifs is 9. The Balaban J connectivity index is 1.07. The maximum atomic E-state index is 5.32. The summed E-state index contributed by atoms with van der Waals surface area (Å²) in [4.78, 5) is 15.9. The Labute approximate surface area is 331 Å². The van der Waals surface area contributed by atoms with E-state index in [2.05, 4.69) is 197 Å². The molecular formula is C51H31N5S. The SMILES string of the molecule is c1cc(-c2cccc(-c3cccc4sc5ccccc5c34)c2)cc(-c2nc(-n3c4ccccc4c4ccccc43)nc(-n3c4ccccc4c4ccccc43)n2)c1. The van der Waals surface area contributed by atoms with Crippen LogP contribution < -0.4 is 0 Å². The lowest BCUT2D eigenvalue weighted by atomic mass is 9.95. The molecule has 4 aromatic heterocycles. The summed E-state index contributed by atoms with van der Waals surface area (Å²) in [7, 11) is 0. The third-order valence-corrected chi connectivity index (χ3v) is 12.3. The van der Waals surface area contributed by atoms with Crippen molar-refractivity contribution in [1.29, 1.82) is 0 Å². The van der Waals surface area contributed by atoms with Crippen molar-refractivity contribution in [2.45, 2.75) is 0 Å². The van der Waals surface area contributed by atoms with E-state index in [1.54, 1.807) is 0 Å². The number of aromatic nitrogens is 5. The monoisotopic (exact) mass is 745 g/mol. The second-order valence-electron chi connectivity index (χ2n) is 14.4. The first-order valence-corrected chi connectivity index (χ1v) is 19.9. The summed E-state index contributed by atoms with van der Waals surface area (Å²) in [5.74, 6) is 1.74. The van der Waals surface area contributed by atoms with E-state index in [0.29, 0.717) is 17.7 Å². The first kappa shape index (κ1) is 31.9. The average molecular weight is 746 g/mol. The van der Waals surface area contributed by atoms with Crippen molar-refractivity contribution in [1.82, 2.24) is 24.1 Å². The van der Waals surface area contributed by atoms with Crippen LogP contribution in [0.25, 0.3) is 109 Å². The minimum atomic E-state index is 0.567. The molecule has 0 amide bonds. The van der Waals surface area contributed by atoms with E-state index in [4.69, 9.17) is 15.0 Å². The van der Waals surface area contributed by atoms with Gasteiger partial charge >= 0.3 is 0 Å². The highest BCUT2D eigenvalue weighted by atomic mass is 32.1. The van der Waals surface area contributed by atoms with Crippen molar-refractivity contribution >= 4 is 75.1 Å². The lowest BCUT2D eigenvalue weighted by Gasteiger charge is -2.13. The Morgan fingerprint density at radius 3 is 1.32 bits per heavy atom. The number of nitrogens with zero attached hydrogens (tertiary/aromatic N) is 5. The summed E-state index contributed by atoms with van der Waals surface area (Å²) < 4.78 is 6.96. The molecule has 57 heavy (non-hydrogen) atoms. The molecule has 0 spiro atoms. The predicted molar refractivity (Wildman–Crippen MR) is 238 cm³/mol. The molecule has 0 aliphatic heterocycles. The number of rotatable bonds is 5. The van der Waals surface area contributed by atoms with Gasteiger partial charge in [-0.3, -0.25) is 9.13 Å². The lowest BCUT2D eigenvalue weighted by molar-refractivity contribution is 0.893. The molecule has 0 aliphatic carbocycles. The summed E-state index contributed by atoms with van der Waals surface area (Å²) in [6.45, 7) is 0. The molecule has 5 nitrogen and oxygen atoms in total. The number of para-hydroxylation sites is 4. The van der Waals surface area contributed by atoms with Gasteiger partial charge in [0.25, 0.3) is 0 Å². The Hall–Kier alpha value is -7.41. The molecular weight excluding hydrogens is 715 g/mol. The molecule has 0 saturated heterocycles. The highest BCUT2D eigenvalue weighted by Gasteiger charge is 2.21. The zero-order chi connectivity index (χ0) is 37.5. The zero-order valence-corrected chi connectivity index (χ0v) is 31.4. The van der Waals surface area contributed by atoms with Crippen LogP contribution in [0.15, 0.2) is 188 Å². The third-order valence-electron chi connectivity index (χ3n) is 11.2. The van der Waals surface area contributed by atoms with Gasteiger partial charge in [0.05, 0.1) is 22.1 Å². The van der Waals surface area contributed by atoms with E-state index in [0.717, 1.165) is 60.3 Å². The first-order valence-electron chi connectivity index (χ1n) is 19.1. The molecule has 4 heterocycles. The highest BCUT2D eigenvalue weighted by Crippen LogP contribution is 2.41. The second kappa shape index (κ2) is 12.6. The molecule has 0 unspecified atom stereocenters. The minimum absolute atomic E-state index is 0.567. The van der Waals surface area contributed by atoms with Crippen LogP contribution in [-0.4, -0.2) is 24.1 Å². The van der Waals surface area contributed by atoms with Gasteiger partial charge in [-0.2, -0.15) is 15.0 Å². The van der Waals surface area contributed by atoms with Gasteiger partial charge in [-0.05, 0) is 70.8 Å².